The van der Waals surface area contributed by atoms with Gasteiger partial charge in [0, 0.05) is 17.3 Å². The van der Waals surface area contributed by atoms with Crippen LogP contribution in [-0.4, -0.2) is 4.98 Å². The Morgan fingerprint density at radius 3 is 1.91 bits per heavy atom. The van der Waals surface area contributed by atoms with Crippen LogP contribution >= 0.6 is 0 Å². The third-order valence-electron chi connectivity index (χ3n) is 6.28. The van der Waals surface area contributed by atoms with E-state index in [1.807, 2.05) is 6.20 Å². The molecule has 4 rings (SSSR count). The van der Waals surface area contributed by atoms with Gasteiger partial charge in [-0.3, -0.25) is 4.98 Å². The summed E-state index contributed by atoms with van der Waals surface area (Å²) in [6, 6.07) is 30.5. The van der Waals surface area contributed by atoms with Gasteiger partial charge in [-0.25, -0.2) is 0 Å². The minimum atomic E-state index is 1.05. The Kier molecular flexibility index (Phi) is 7.51. The second-order valence-corrected chi connectivity index (χ2v) is 8.80. The average molecular weight is 420 g/mol. The molecule has 0 fully saturated rings. The number of hydrogen-bond acceptors (Lipinski definition) is 1. The van der Waals surface area contributed by atoms with Crippen molar-refractivity contribution in [2.45, 2.75) is 52.4 Å². The highest BCUT2D eigenvalue weighted by molar-refractivity contribution is 5.72. The van der Waals surface area contributed by atoms with Crippen molar-refractivity contribution >= 4 is 0 Å². The number of rotatable bonds is 9. The highest BCUT2D eigenvalue weighted by atomic mass is 14.7. The zero-order valence-corrected chi connectivity index (χ0v) is 19.4. The molecule has 0 N–H and O–H groups in total. The van der Waals surface area contributed by atoms with Gasteiger partial charge in [0.2, 0.25) is 0 Å². The Morgan fingerprint density at radius 1 is 0.562 bits per heavy atom. The first kappa shape index (κ1) is 22.0. The Morgan fingerprint density at radius 2 is 1.22 bits per heavy atom. The van der Waals surface area contributed by atoms with Crippen molar-refractivity contribution < 1.29 is 0 Å². The first-order valence-electron chi connectivity index (χ1n) is 11.9. The van der Waals surface area contributed by atoms with Gasteiger partial charge >= 0.3 is 0 Å². The lowest BCUT2D eigenvalue weighted by molar-refractivity contribution is 0.640. The summed E-state index contributed by atoms with van der Waals surface area (Å²) in [5.41, 5.74) is 10.2. The van der Waals surface area contributed by atoms with Gasteiger partial charge in [-0.1, -0.05) is 85.6 Å². The van der Waals surface area contributed by atoms with Crippen LogP contribution in [0.25, 0.3) is 22.4 Å². The van der Waals surface area contributed by atoms with Gasteiger partial charge in [0.15, 0.2) is 0 Å². The highest BCUT2D eigenvalue weighted by Gasteiger charge is 2.07. The largest absolute Gasteiger partial charge is 0.256 e. The van der Waals surface area contributed by atoms with E-state index >= 15 is 0 Å². The number of benzene rings is 3. The number of hydrogen-bond donors (Lipinski definition) is 0. The van der Waals surface area contributed by atoms with E-state index in [2.05, 4.69) is 98.8 Å². The molecule has 0 bridgehead atoms. The van der Waals surface area contributed by atoms with Gasteiger partial charge in [0.05, 0.1) is 5.69 Å². The number of aryl methyl sites for hydroxylation is 4. The summed E-state index contributed by atoms with van der Waals surface area (Å²) in [6.45, 7) is 4.34. The van der Waals surface area contributed by atoms with Crippen molar-refractivity contribution in [3.05, 3.63) is 113 Å². The monoisotopic (exact) mass is 419 g/mol. The third kappa shape index (κ3) is 5.73. The smallest absolute Gasteiger partial charge is 0.0702 e. The van der Waals surface area contributed by atoms with Crippen LogP contribution in [0.1, 0.15) is 47.9 Å². The Balaban J connectivity index is 1.32. The van der Waals surface area contributed by atoms with Crippen LogP contribution in [0.15, 0.2) is 91.1 Å². The maximum Gasteiger partial charge on any atom is 0.0702 e. The molecule has 0 aliphatic carbocycles. The summed E-state index contributed by atoms with van der Waals surface area (Å²) in [4.78, 5) is 4.80. The number of pyridine rings is 1. The normalized spacial score (nSPS) is 10.9. The van der Waals surface area contributed by atoms with E-state index in [4.69, 9.17) is 4.98 Å². The van der Waals surface area contributed by atoms with Crippen LogP contribution in [0.2, 0.25) is 0 Å². The lowest BCUT2D eigenvalue weighted by Crippen LogP contribution is -1.92. The van der Waals surface area contributed by atoms with Gasteiger partial charge in [-0.2, -0.15) is 0 Å². The van der Waals surface area contributed by atoms with Crippen molar-refractivity contribution in [1.29, 1.82) is 0 Å². The predicted octanol–water partition coefficient (Wildman–Crippen LogP) is 8.38. The molecule has 0 saturated heterocycles. The average Bonchev–Trinajstić information content (AvgIpc) is 2.82. The first-order chi connectivity index (χ1) is 15.7. The Labute approximate surface area is 193 Å². The fraction of sp³-hybridized carbons (Fsp3) is 0.258. The molecule has 32 heavy (non-hydrogen) atoms. The van der Waals surface area contributed by atoms with E-state index in [0.717, 1.165) is 12.1 Å². The van der Waals surface area contributed by atoms with Crippen LogP contribution in [-0.2, 0) is 12.8 Å². The summed E-state index contributed by atoms with van der Waals surface area (Å²) >= 11 is 0. The maximum atomic E-state index is 4.80. The molecular formula is C31H33N. The summed E-state index contributed by atoms with van der Waals surface area (Å²) < 4.78 is 0. The van der Waals surface area contributed by atoms with Crippen molar-refractivity contribution in [1.82, 2.24) is 4.98 Å². The fourth-order valence-electron chi connectivity index (χ4n) is 4.52. The summed E-state index contributed by atoms with van der Waals surface area (Å²) in [7, 11) is 0. The minimum absolute atomic E-state index is 1.05. The molecule has 0 saturated carbocycles. The molecule has 1 heteroatoms. The number of unbranched alkanes of at least 4 members (excludes halogenated alkanes) is 3. The fourth-order valence-corrected chi connectivity index (χ4v) is 4.52. The molecule has 0 aliphatic rings. The van der Waals surface area contributed by atoms with E-state index in [1.54, 1.807) is 0 Å². The molecule has 3 aromatic carbocycles. The lowest BCUT2D eigenvalue weighted by atomic mass is 9.96. The molecule has 1 heterocycles. The lowest BCUT2D eigenvalue weighted by Gasteiger charge is -2.11. The molecule has 4 aromatic rings. The summed E-state index contributed by atoms with van der Waals surface area (Å²) in [5, 5.41) is 0. The van der Waals surface area contributed by atoms with Crippen LogP contribution < -0.4 is 0 Å². The molecule has 0 amide bonds. The first-order valence-corrected chi connectivity index (χ1v) is 11.9. The van der Waals surface area contributed by atoms with Crippen molar-refractivity contribution in [2.24, 2.45) is 0 Å². The zero-order chi connectivity index (χ0) is 22.2. The second kappa shape index (κ2) is 10.9. The topological polar surface area (TPSA) is 12.9 Å². The van der Waals surface area contributed by atoms with Crippen molar-refractivity contribution in [3.8, 4) is 22.4 Å². The molecule has 0 radical (unpaired) electrons. The molecule has 0 aliphatic heterocycles. The van der Waals surface area contributed by atoms with Crippen molar-refractivity contribution in [3.63, 3.8) is 0 Å². The van der Waals surface area contributed by atoms with Crippen molar-refractivity contribution in [2.75, 3.05) is 0 Å². The van der Waals surface area contributed by atoms with Gasteiger partial charge in [-0.05, 0) is 79.5 Å². The minimum Gasteiger partial charge on any atom is -0.256 e. The third-order valence-corrected chi connectivity index (χ3v) is 6.28. The Hall–Kier alpha value is -3.19. The molecule has 1 aromatic heterocycles. The molecule has 0 spiro atoms. The van der Waals surface area contributed by atoms with Crippen LogP contribution in [0, 0.1) is 13.8 Å². The molecular weight excluding hydrogens is 386 g/mol. The molecule has 0 unspecified atom stereocenters. The Bertz CT molecular complexity index is 1110. The van der Waals surface area contributed by atoms with E-state index < -0.39 is 0 Å². The van der Waals surface area contributed by atoms with Crippen LogP contribution in [0.5, 0.6) is 0 Å². The van der Waals surface area contributed by atoms with E-state index in [1.165, 1.54) is 71.0 Å². The summed E-state index contributed by atoms with van der Waals surface area (Å²) in [5.74, 6) is 0. The number of nitrogens with zero attached hydrogens (tertiary/aromatic N) is 1. The molecule has 1 nitrogen and oxygen atoms in total. The quantitative estimate of drug-likeness (QED) is 0.248. The van der Waals surface area contributed by atoms with Gasteiger partial charge in [-0.15, -0.1) is 0 Å². The number of aromatic nitrogens is 1. The summed E-state index contributed by atoms with van der Waals surface area (Å²) in [6.07, 6.45) is 9.47. The van der Waals surface area contributed by atoms with Crippen LogP contribution in [0.3, 0.4) is 0 Å². The highest BCUT2D eigenvalue weighted by Crippen LogP contribution is 2.28. The van der Waals surface area contributed by atoms with Gasteiger partial charge in [0.25, 0.3) is 0 Å². The molecule has 162 valence electrons. The second-order valence-electron chi connectivity index (χ2n) is 8.80. The van der Waals surface area contributed by atoms with Crippen LogP contribution in [0.4, 0.5) is 0 Å². The standard InChI is InChI=1S/C31H33N/c1-24-12-10-13-25(2)31(24)29-20-21-30(32-23-29)28-19-11-18-27(22-28)17-7-4-3-6-14-26-15-8-5-9-16-26/h5,8-13,15-16,18-23H,3-4,6-7,14,17H2,1-2H3. The predicted molar refractivity (Wildman–Crippen MR) is 137 cm³/mol. The maximum absolute atomic E-state index is 4.80. The molecule has 0 atom stereocenters. The SMILES string of the molecule is Cc1cccc(C)c1-c1ccc(-c2cccc(CCCCCCc3ccccc3)c2)nc1. The van der Waals surface area contributed by atoms with E-state index in [9.17, 15) is 0 Å². The van der Waals surface area contributed by atoms with Gasteiger partial charge in [0.1, 0.15) is 0 Å². The zero-order valence-electron chi connectivity index (χ0n) is 19.4. The van der Waals surface area contributed by atoms with E-state index in [0.29, 0.717) is 0 Å². The van der Waals surface area contributed by atoms with E-state index in [-0.39, 0.29) is 0 Å². The van der Waals surface area contributed by atoms with Gasteiger partial charge < -0.3 is 0 Å².